The third-order valence-electron chi connectivity index (χ3n) is 4.14. The van der Waals surface area contributed by atoms with Crippen molar-refractivity contribution in [2.75, 3.05) is 36.6 Å². The molecule has 2 aromatic carbocycles. The molecule has 0 N–H and O–H groups in total. The molecule has 0 unspecified atom stereocenters. The molecule has 0 radical (unpaired) electrons. The standard InChI is InChI=1S/C19H21NO5S2/c1-20(27(2,22)23)15-6-4-14(5-7-15)17(21)13-26-16-8-9-18-19(12-16)25-11-3-10-24-18/h4-9,12H,3,10-11,13H2,1-2H3. The number of rotatable bonds is 6. The normalized spacial score (nSPS) is 13.7. The summed E-state index contributed by atoms with van der Waals surface area (Å²) >= 11 is 1.43. The third-order valence-corrected chi connectivity index (χ3v) is 6.34. The van der Waals surface area contributed by atoms with Crippen LogP contribution in [0.4, 0.5) is 5.69 Å². The van der Waals surface area contributed by atoms with Crippen LogP contribution in [0.1, 0.15) is 16.8 Å². The molecular formula is C19H21NO5S2. The number of hydrogen-bond donors (Lipinski definition) is 0. The minimum atomic E-state index is -3.32. The first-order valence-electron chi connectivity index (χ1n) is 8.44. The van der Waals surface area contributed by atoms with Crippen molar-refractivity contribution >= 4 is 33.3 Å². The maximum atomic E-state index is 12.4. The molecule has 0 atom stereocenters. The van der Waals surface area contributed by atoms with Crippen LogP contribution in [0, 0.1) is 0 Å². The molecule has 1 heterocycles. The van der Waals surface area contributed by atoms with Crippen molar-refractivity contribution in [3.63, 3.8) is 0 Å². The number of anilines is 1. The summed E-state index contributed by atoms with van der Waals surface area (Å²) in [5, 5.41) is 0. The van der Waals surface area contributed by atoms with Gasteiger partial charge in [0.05, 0.1) is 30.9 Å². The fraction of sp³-hybridized carbons (Fsp3) is 0.316. The quantitative estimate of drug-likeness (QED) is 0.541. The van der Waals surface area contributed by atoms with E-state index in [-0.39, 0.29) is 11.5 Å². The Labute approximate surface area is 163 Å². The fourth-order valence-electron chi connectivity index (χ4n) is 2.51. The molecule has 8 heteroatoms. The van der Waals surface area contributed by atoms with Crippen molar-refractivity contribution in [3.05, 3.63) is 48.0 Å². The van der Waals surface area contributed by atoms with E-state index in [9.17, 15) is 13.2 Å². The van der Waals surface area contributed by atoms with Crippen LogP contribution in [-0.2, 0) is 10.0 Å². The van der Waals surface area contributed by atoms with Crippen LogP contribution in [0.3, 0.4) is 0 Å². The SMILES string of the molecule is CN(c1ccc(C(=O)CSc2ccc3c(c2)OCCCO3)cc1)S(C)(=O)=O. The minimum Gasteiger partial charge on any atom is -0.490 e. The van der Waals surface area contributed by atoms with Gasteiger partial charge in [0.1, 0.15) is 0 Å². The highest BCUT2D eigenvalue weighted by atomic mass is 32.2. The second-order valence-corrected chi connectivity index (χ2v) is 9.21. The zero-order valence-corrected chi connectivity index (χ0v) is 16.8. The van der Waals surface area contributed by atoms with E-state index >= 15 is 0 Å². The van der Waals surface area contributed by atoms with E-state index in [1.807, 2.05) is 18.2 Å². The van der Waals surface area contributed by atoms with Gasteiger partial charge in [0.2, 0.25) is 10.0 Å². The lowest BCUT2D eigenvalue weighted by Gasteiger charge is -2.16. The van der Waals surface area contributed by atoms with Gasteiger partial charge in [-0.25, -0.2) is 8.42 Å². The van der Waals surface area contributed by atoms with Crippen LogP contribution in [0.15, 0.2) is 47.4 Å². The molecule has 0 amide bonds. The maximum absolute atomic E-state index is 12.4. The molecular weight excluding hydrogens is 386 g/mol. The van der Waals surface area contributed by atoms with Gasteiger partial charge in [-0.3, -0.25) is 9.10 Å². The molecule has 3 rings (SSSR count). The monoisotopic (exact) mass is 407 g/mol. The molecule has 0 spiro atoms. The van der Waals surface area contributed by atoms with Crippen molar-refractivity contribution in [1.82, 2.24) is 0 Å². The largest absolute Gasteiger partial charge is 0.490 e. The molecule has 27 heavy (non-hydrogen) atoms. The smallest absolute Gasteiger partial charge is 0.231 e. The van der Waals surface area contributed by atoms with Crippen LogP contribution >= 0.6 is 11.8 Å². The number of thioether (sulfide) groups is 1. The predicted molar refractivity (Wildman–Crippen MR) is 107 cm³/mol. The summed E-state index contributed by atoms with van der Waals surface area (Å²) in [6.45, 7) is 1.26. The van der Waals surface area contributed by atoms with Gasteiger partial charge in [-0.2, -0.15) is 0 Å². The number of fused-ring (bicyclic) bond motifs is 1. The van der Waals surface area contributed by atoms with E-state index < -0.39 is 10.0 Å². The van der Waals surface area contributed by atoms with E-state index in [4.69, 9.17) is 9.47 Å². The summed E-state index contributed by atoms with van der Waals surface area (Å²) in [6.07, 6.45) is 1.98. The Morgan fingerprint density at radius 3 is 2.41 bits per heavy atom. The van der Waals surface area contributed by atoms with Gasteiger partial charge >= 0.3 is 0 Å². The van der Waals surface area contributed by atoms with E-state index in [2.05, 4.69) is 0 Å². The first-order chi connectivity index (χ1) is 12.8. The highest BCUT2D eigenvalue weighted by Gasteiger charge is 2.14. The number of benzene rings is 2. The van der Waals surface area contributed by atoms with Gasteiger partial charge in [0.15, 0.2) is 17.3 Å². The van der Waals surface area contributed by atoms with Gasteiger partial charge in [-0.1, -0.05) is 0 Å². The highest BCUT2D eigenvalue weighted by molar-refractivity contribution is 8.00. The number of carbonyl (C=O) groups excluding carboxylic acids is 1. The molecule has 2 aromatic rings. The van der Waals surface area contributed by atoms with Gasteiger partial charge in [0, 0.05) is 23.9 Å². The Hall–Kier alpha value is -2.19. The topological polar surface area (TPSA) is 72.9 Å². The number of sulfonamides is 1. The summed E-state index contributed by atoms with van der Waals surface area (Å²) < 4.78 is 35.6. The first-order valence-corrected chi connectivity index (χ1v) is 11.3. The zero-order chi connectivity index (χ0) is 19.4. The van der Waals surface area contributed by atoms with Crippen LogP contribution < -0.4 is 13.8 Å². The second-order valence-electron chi connectivity index (χ2n) is 6.15. The minimum absolute atomic E-state index is 0.0272. The number of carbonyl (C=O) groups is 1. The summed E-state index contributed by atoms with van der Waals surface area (Å²) in [7, 11) is -1.84. The van der Waals surface area contributed by atoms with Crippen LogP contribution in [0.5, 0.6) is 11.5 Å². The molecule has 144 valence electrons. The molecule has 0 saturated carbocycles. The van der Waals surface area contributed by atoms with Gasteiger partial charge in [-0.05, 0) is 42.5 Å². The van der Waals surface area contributed by atoms with E-state index in [0.29, 0.717) is 30.2 Å². The maximum Gasteiger partial charge on any atom is 0.231 e. The van der Waals surface area contributed by atoms with Crippen molar-refractivity contribution in [3.8, 4) is 11.5 Å². The Bertz CT molecular complexity index is 926. The van der Waals surface area contributed by atoms with Crippen LogP contribution in [0.2, 0.25) is 0 Å². The van der Waals surface area contributed by atoms with Gasteiger partial charge in [0.25, 0.3) is 0 Å². The fourth-order valence-corrected chi connectivity index (χ4v) is 3.84. The second kappa shape index (κ2) is 8.22. The highest BCUT2D eigenvalue weighted by Crippen LogP contribution is 2.34. The lowest BCUT2D eigenvalue weighted by Crippen LogP contribution is -2.24. The first kappa shape index (κ1) is 19.6. The van der Waals surface area contributed by atoms with E-state index in [1.165, 1.54) is 23.1 Å². The number of ketones is 1. The molecule has 0 bridgehead atoms. The van der Waals surface area contributed by atoms with Crippen molar-refractivity contribution in [1.29, 1.82) is 0 Å². The molecule has 0 aliphatic carbocycles. The summed E-state index contributed by atoms with van der Waals surface area (Å²) in [5.41, 5.74) is 1.06. The lowest BCUT2D eigenvalue weighted by atomic mass is 10.1. The predicted octanol–water partition coefficient (Wildman–Crippen LogP) is 3.22. The molecule has 1 aliphatic rings. The van der Waals surface area contributed by atoms with Gasteiger partial charge in [-0.15, -0.1) is 11.8 Å². The molecule has 1 aliphatic heterocycles. The van der Waals surface area contributed by atoms with Crippen LogP contribution in [-0.4, -0.2) is 46.5 Å². The number of hydrogen-bond acceptors (Lipinski definition) is 6. The third kappa shape index (κ3) is 4.95. The molecule has 0 fully saturated rings. The van der Waals surface area contributed by atoms with E-state index in [0.717, 1.165) is 23.3 Å². The number of nitrogens with zero attached hydrogens (tertiary/aromatic N) is 1. The summed E-state index contributed by atoms with van der Waals surface area (Å²) in [5.74, 6) is 1.69. The Morgan fingerprint density at radius 1 is 1.07 bits per heavy atom. The molecule has 0 aromatic heterocycles. The lowest BCUT2D eigenvalue weighted by molar-refractivity contribution is 0.102. The number of ether oxygens (including phenoxy) is 2. The van der Waals surface area contributed by atoms with Crippen molar-refractivity contribution in [2.45, 2.75) is 11.3 Å². The van der Waals surface area contributed by atoms with E-state index in [1.54, 1.807) is 24.3 Å². The van der Waals surface area contributed by atoms with Crippen molar-refractivity contribution in [2.24, 2.45) is 0 Å². The Kier molecular flexibility index (Phi) is 5.96. The Morgan fingerprint density at radius 2 is 1.74 bits per heavy atom. The van der Waals surface area contributed by atoms with Crippen LogP contribution in [0.25, 0.3) is 0 Å². The number of Topliss-reactive ketones (excluding diaryl/α,β-unsaturated/α-hetero) is 1. The van der Waals surface area contributed by atoms with Crippen molar-refractivity contribution < 1.29 is 22.7 Å². The summed E-state index contributed by atoms with van der Waals surface area (Å²) in [4.78, 5) is 13.4. The molecule has 0 saturated heterocycles. The Balaban J connectivity index is 1.63. The molecule has 6 nitrogen and oxygen atoms in total. The summed E-state index contributed by atoms with van der Waals surface area (Å²) in [6, 6.07) is 12.2. The average molecular weight is 408 g/mol. The zero-order valence-electron chi connectivity index (χ0n) is 15.2. The average Bonchev–Trinajstić information content (AvgIpc) is 2.89. The van der Waals surface area contributed by atoms with Gasteiger partial charge < -0.3 is 9.47 Å².